The summed E-state index contributed by atoms with van der Waals surface area (Å²) in [6.07, 6.45) is 0. The van der Waals surface area contributed by atoms with E-state index in [-0.39, 0.29) is 11.5 Å². The fourth-order valence-electron chi connectivity index (χ4n) is 2.02. The highest BCUT2D eigenvalue weighted by atomic mass is 16.5. The van der Waals surface area contributed by atoms with Crippen molar-refractivity contribution >= 4 is 0 Å². The normalized spacial score (nSPS) is 13.7. The van der Waals surface area contributed by atoms with Crippen molar-refractivity contribution in [2.24, 2.45) is 11.1 Å². The molecule has 0 saturated heterocycles. The minimum absolute atomic E-state index is 0.108. The van der Waals surface area contributed by atoms with Gasteiger partial charge >= 0.3 is 0 Å². The SMILES string of the molecule is COc1ccccc1CN(C)CC(C)(C)C(C)N. The minimum atomic E-state index is 0.108. The van der Waals surface area contributed by atoms with E-state index < -0.39 is 0 Å². The zero-order chi connectivity index (χ0) is 13.8. The molecule has 0 fully saturated rings. The number of methoxy groups -OCH3 is 1. The first-order valence-corrected chi connectivity index (χ1v) is 6.43. The number of nitrogens with two attached hydrogens (primary N) is 1. The summed E-state index contributed by atoms with van der Waals surface area (Å²) in [5, 5.41) is 0. The largest absolute Gasteiger partial charge is 0.496 e. The monoisotopic (exact) mass is 250 g/mol. The van der Waals surface area contributed by atoms with Gasteiger partial charge in [-0.25, -0.2) is 0 Å². The van der Waals surface area contributed by atoms with Crippen LogP contribution >= 0.6 is 0 Å². The van der Waals surface area contributed by atoms with Crippen molar-refractivity contribution in [3.05, 3.63) is 29.8 Å². The Bertz CT molecular complexity index is 375. The molecule has 0 amide bonds. The van der Waals surface area contributed by atoms with E-state index in [4.69, 9.17) is 10.5 Å². The molecule has 102 valence electrons. The van der Waals surface area contributed by atoms with Crippen LogP contribution in [0.4, 0.5) is 0 Å². The predicted molar refractivity (Wildman–Crippen MR) is 76.8 cm³/mol. The molecule has 1 aromatic carbocycles. The number of ether oxygens (including phenoxy) is 1. The van der Waals surface area contributed by atoms with Crippen LogP contribution in [0.25, 0.3) is 0 Å². The van der Waals surface area contributed by atoms with Crippen molar-refractivity contribution in [2.45, 2.75) is 33.4 Å². The van der Waals surface area contributed by atoms with Crippen LogP contribution in [0.3, 0.4) is 0 Å². The summed E-state index contributed by atoms with van der Waals surface area (Å²) in [7, 11) is 3.83. The van der Waals surface area contributed by atoms with Crippen molar-refractivity contribution in [3.8, 4) is 5.75 Å². The lowest BCUT2D eigenvalue weighted by Gasteiger charge is -2.33. The molecule has 0 aromatic heterocycles. The van der Waals surface area contributed by atoms with Gasteiger partial charge in [-0.15, -0.1) is 0 Å². The Morgan fingerprint density at radius 3 is 2.50 bits per heavy atom. The Hall–Kier alpha value is -1.06. The smallest absolute Gasteiger partial charge is 0.123 e. The highest BCUT2D eigenvalue weighted by molar-refractivity contribution is 5.33. The Morgan fingerprint density at radius 1 is 1.33 bits per heavy atom. The molecular formula is C15H26N2O. The predicted octanol–water partition coefficient (Wildman–Crippen LogP) is 2.50. The maximum Gasteiger partial charge on any atom is 0.123 e. The van der Waals surface area contributed by atoms with E-state index in [2.05, 4.69) is 38.8 Å². The second-order valence-electron chi connectivity index (χ2n) is 5.76. The maximum absolute atomic E-state index is 6.02. The number of benzene rings is 1. The summed E-state index contributed by atoms with van der Waals surface area (Å²) in [6.45, 7) is 8.31. The summed E-state index contributed by atoms with van der Waals surface area (Å²) < 4.78 is 5.37. The second-order valence-corrected chi connectivity index (χ2v) is 5.76. The third-order valence-corrected chi connectivity index (χ3v) is 3.54. The molecule has 0 radical (unpaired) electrons. The highest BCUT2D eigenvalue weighted by Crippen LogP contribution is 2.23. The van der Waals surface area contributed by atoms with Gasteiger partial charge in [-0.3, -0.25) is 0 Å². The van der Waals surface area contributed by atoms with Gasteiger partial charge in [0.1, 0.15) is 5.75 Å². The Labute approximate surface area is 111 Å². The zero-order valence-corrected chi connectivity index (χ0v) is 12.2. The van der Waals surface area contributed by atoms with E-state index in [9.17, 15) is 0 Å². The number of para-hydroxylation sites is 1. The van der Waals surface area contributed by atoms with Gasteiger partial charge in [0.2, 0.25) is 0 Å². The summed E-state index contributed by atoms with van der Waals surface area (Å²) in [5.74, 6) is 0.947. The van der Waals surface area contributed by atoms with Gasteiger partial charge in [0, 0.05) is 24.7 Å². The fourth-order valence-corrected chi connectivity index (χ4v) is 2.02. The topological polar surface area (TPSA) is 38.5 Å². The van der Waals surface area contributed by atoms with Crippen LogP contribution in [0.2, 0.25) is 0 Å². The number of rotatable bonds is 6. The van der Waals surface area contributed by atoms with Crippen LogP contribution in [0.15, 0.2) is 24.3 Å². The van der Waals surface area contributed by atoms with Crippen molar-refractivity contribution < 1.29 is 4.74 Å². The maximum atomic E-state index is 6.02. The average Bonchev–Trinajstić information content (AvgIpc) is 2.28. The van der Waals surface area contributed by atoms with E-state index in [0.717, 1.165) is 18.8 Å². The van der Waals surface area contributed by atoms with Gasteiger partial charge < -0.3 is 15.4 Å². The first-order valence-electron chi connectivity index (χ1n) is 6.43. The molecule has 0 spiro atoms. The first kappa shape index (κ1) is 15.0. The third-order valence-electron chi connectivity index (χ3n) is 3.54. The van der Waals surface area contributed by atoms with Gasteiger partial charge in [0.05, 0.1) is 7.11 Å². The molecule has 18 heavy (non-hydrogen) atoms. The summed E-state index contributed by atoms with van der Waals surface area (Å²) >= 11 is 0. The Kier molecular flexibility index (Phi) is 5.17. The highest BCUT2D eigenvalue weighted by Gasteiger charge is 2.24. The van der Waals surface area contributed by atoms with Crippen LogP contribution in [-0.2, 0) is 6.54 Å². The van der Waals surface area contributed by atoms with Crippen LogP contribution < -0.4 is 10.5 Å². The molecular weight excluding hydrogens is 224 g/mol. The third kappa shape index (κ3) is 4.00. The number of hydrogen-bond donors (Lipinski definition) is 1. The molecule has 0 aliphatic heterocycles. The zero-order valence-electron chi connectivity index (χ0n) is 12.2. The quantitative estimate of drug-likeness (QED) is 0.843. The standard InChI is InChI=1S/C15H26N2O/c1-12(16)15(2,3)11-17(4)10-13-8-6-7-9-14(13)18-5/h6-9,12H,10-11,16H2,1-5H3. The van der Waals surface area contributed by atoms with Crippen molar-refractivity contribution in [1.29, 1.82) is 0 Å². The summed E-state index contributed by atoms with van der Waals surface area (Å²) in [6, 6.07) is 8.32. The molecule has 0 heterocycles. The molecule has 0 bridgehead atoms. The number of hydrogen-bond acceptors (Lipinski definition) is 3. The van der Waals surface area contributed by atoms with Gasteiger partial charge in [-0.1, -0.05) is 32.0 Å². The lowest BCUT2D eigenvalue weighted by atomic mass is 9.85. The van der Waals surface area contributed by atoms with Crippen molar-refractivity contribution in [1.82, 2.24) is 4.90 Å². The van der Waals surface area contributed by atoms with E-state index in [0.29, 0.717) is 0 Å². The van der Waals surface area contributed by atoms with Gasteiger partial charge in [0.25, 0.3) is 0 Å². The molecule has 0 aliphatic carbocycles. The van der Waals surface area contributed by atoms with E-state index in [1.807, 2.05) is 18.2 Å². The Morgan fingerprint density at radius 2 is 1.94 bits per heavy atom. The lowest BCUT2D eigenvalue weighted by molar-refractivity contribution is 0.177. The van der Waals surface area contributed by atoms with Gasteiger partial charge in [0.15, 0.2) is 0 Å². The molecule has 1 rings (SSSR count). The number of nitrogens with zero attached hydrogens (tertiary/aromatic N) is 1. The Balaban J connectivity index is 2.67. The first-order chi connectivity index (χ1) is 8.36. The van der Waals surface area contributed by atoms with Gasteiger partial charge in [-0.2, -0.15) is 0 Å². The van der Waals surface area contributed by atoms with E-state index in [1.165, 1.54) is 5.56 Å². The van der Waals surface area contributed by atoms with Crippen LogP contribution in [0, 0.1) is 5.41 Å². The van der Waals surface area contributed by atoms with Crippen LogP contribution in [0.1, 0.15) is 26.3 Å². The molecule has 1 aromatic rings. The molecule has 1 unspecified atom stereocenters. The van der Waals surface area contributed by atoms with E-state index >= 15 is 0 Å². The molecule has 1 atom stereocenters. The average molecular weight is 250 g/mol. The molecule has 3 nitrogen and oxygen atoms in total. The second kappa shape index (κ2) is 6.21. The van der Waals surface area contributed by atoms with E-state index in [1.54, 1.807) is 7.11 Å². The molecule has 2 N–H and O–H groups in total. The van der Waals surface area contributed by atoms with Crippen molar-refractivity contribution in [2.75, 3.05) is 20.7 Å². The van der Waals surface area contributed by atoms with Crippen LogP contribution in [-0.4, -0.2) is 31.6 Å². The van der Waals surface area contributed by atoms with Crippen LogP contribution in [0.5, 0.6) is 5.75 Å². The van der Waals surface area contributed by atoms with Gasteiger partial charge in [-0.05, 0) is 25.5 Å². The lowest BCUT2D eigenvalue weighted by Crippen LogP contribution is -2.42. The minimum Gasteiger partial charge on any atom is -0.496 e. The van der Waals surface area contributed by atoms with Crippen molar-refractivity contribution in [3.63, 3.8) is 0 Å². The summed E-state index contributed by atoms with van der Waals surface area (Å²) in [5.41, 5.74) is 7.34. The fraction of sp³-hybridized carbons (Fsp3) is 0.600. The molecule has 0 aliphatic rings. The molecule has 0 saturated carbocycles. The molecule has 3 heteroatoms. The summed E-state index contributed by atoms with van der Waals surface area (Å²) in [4.78, 5) is 2.29.